The van der Waals surface area contributed by atoms with Gasteiger partial charge in [-0.15, -0.1) is 0 Å². The average Bonchev–Trinajstić information content (AvgIpc) is 2.58. The molecule has 0 aromatic heterocycles. The summed E-state index contributed by atoms with van der Waals surface area (Å²) < 4.78 is 25.9. The van der Waals surface area contributed by atoms with Crippen molar-refractivity contribution in [3.8, 4) is 5.75 Å². The zero-order chi connectivity index (χ0) is 17.1. The Morgan fingerprint density at radius 3 is 2.68 bits per heavy atom. The van der Waals surface area contributed by atoms with Crippen LogP contribution in [0.15, 0.2) is 18.2 Å². The number of ether oxygens (including phenoxy) is 2. The van der Waals surface area contributed by atoms with E-state index in [1.807, 2.05) is 6.07 Å². The highest BCUT2D eigenvalue weighted by Crippen LogP contribution is 2.29. The Labute approximate surface area is 148 Å². The van der Waals surface area contributed by atoms with Crippen molar-refractivity contribution in [3.63, 3.8) is 0 Å². The van der Waals surface area contributed by atoms with Gasteiger partial charge in [-0.3, -0.25) is 0 Å². The highest BCUT2D eigenvalue weighted by molar-refractivity contribution is 5.48. The summed E-state index contributed by atoms with van der Waals surface area (Å²) in [7, 11) is 0. The van der Waals surface area contributed by atoms with Gasteiger partial charge in [0.1, 0.15) is 23.9 Å². The second kappa shape index (κ2) is 7.89. The summed E-state index contributed by atoms with van der Waals surface area (Å²) in [4.78, 5) is 2.59. The molecule has 0 bridgehead atoms. The van der Waals surface area contributed by atoms with Gasteiger partial charge in [-0.05, 0) is 37.8 Å². The number of benzene rings is 1. The zero-order valence-corrected chi connectivity index (χ0v) is 14.7. The molecule has 5 nitrogen and oxygen atoms in total. The van der Waals surface area contributed by atoms with Gasteiger partial charge in [0.2, 0.25) is 0 Å². The van der Waals surface area contributed by atoms with E-state index in [0.29, 0.717) is 24.6 Å². The summed E-state index contributed by atoms with van der Waals surface area (Å²) >= 11 is 0. The van der Waals surface area contributed by atoms with E-state index in [2.05, 4.69) is 15.5 Å². The normalized spacial score (nSPS) is 26.2. The van der Waals surface area contributed by atoms with E-state index in [4.69, 9.17) is 9.47 Å². The van der Waals surface area contributed by atoms with Gasteiger partial charge in [-0.25, -0.2) is 4.39 Å². The molecule has 2 saturated heterocycles. The lowest BCUT2D eigenvalue weighted by Crippen LogP contribution is -2.46. The van der Waals surface area contributed by atoms with Gasteiger partial charge < -0.3 is 25.0 Å². The fourth-order valence-electron chi connectivity index (χ4n) is 3.82. The molecule has 3 aliphatic rings. The number of morpholine rings is 1. The number of nitrogens with one attached hydrogen (secondary N) is 2. The summed E-state index contributed by atoms with van der Waals surface area (Å²) in [6.45, 7) is 4.36. The Morgan fingerprint density at radius 2 is 2.04 bits per heavy atom. The molecular weight excluding hydrogens is 321 g/mol. The van der Waals surface area contributed by atoms with Crippen LogP contribution in [-0.4, -0.2) is 56.1 Å². The third-order valence-corrected chi connectivity index (χ3v) is 5.56. The van der Waals surface area contributed by atoms with E-state index in [0.717, 1.165) is 38.5 Å². The summed E-state index contributed by atoms with van der Waals surface area (Å²) in [5.41, 5.74) is 0.459. The molecule has 138 valence electrons. The number of halogens is 1. The van der Waals surface area contributed by atoms with Gasteiger partial charge in [0.15, 0.2) is 0 Å². The van der Waals surface area contributed by atoms with E-state index < -0.39 is 0 Å². The molecule has 0 radical (unpaired) electrons. The highest BCUT2D eigenvalue weighted by atomic mass is 19.1. The van der Waals surface area contributed by atoms with Crippen molar-refractivity contribution in [1.29, 1.82) is 0 Å². The number of likely N-dealkylation sites (tertiary alicyclic amines) is 1. The van der Waals surface area contributed by atoms with Crippen molar-refractivity contribution in [2.24, 2.45) is 0 Å². The van der Waals surface area contributed by atoms with Crippen LogP contribution < -0.4 is 15.4 Å². The smallest absolute Gasteiger partial charge is 0.150 e. The number of hydrogen-bond donors (Lipinski definition) is 2. The van der Waals surface area contributed by atoms with Crippen LogP contribution in [0.25, 0.3) is 0 Å². The molecule has 0 amide bonds. The molecule has 1 aromatic rings. The molecule has 2 aliphatic heterocycles. The summed E-state index contributed by atoms with van der Waals surface area (Å²) in [6.07, 6.45) is 6.14. The fourth-order valence-corrected chi connectivity index (χ4v) is 3.82. The van der Waals surface area contributed by atoms with Crippen LogP contribution in [0.4, 0.5) is 10.1 Å². The van der Waals surface area contributed by atoms with Gasteiger partial charge in [-0.2, -0.15) is 0 Å². The summed E-state index contributed by atoms with van der Waals surface area (Å²) in [5, 5.41) is 6.31. The Morgan fingerprint density at radius 1 is 1.20 bits per heavy atom. The molecule has 6 heteroatoms. The Balaban J connectivity index is 1.28. The Hall–Kier alpha value is -1.37. The maximum absolute atomic E-state index is 14.4. The minimum atomic E-state index is -0.293. The highest BCUT2D eigenvalue weighted by Gasteiger charge is 2.29. The number of rotatable bonds is 5. The number of hydrogen-bond acceptors (Lipinski definition) is 5. The van der Waals surface area contributed by atoms with Crippen LogP contribution in [0.3, 0.4) is 0 Å². The average molecular weight is 349 g/mol. The number of piperidine rings is 1. The lowest BCUT2D eigenvalue weighted by atomic mass is 9.90. The molecule has 25 heavy (non-hydrogen) atoms. The van der Waals surface area contributed by atoms with Crippen LogP contribution in [0.5, 0.6) is 5.75 Å². The van der Waals surface area contributed by atoms with Gasteiger partial charge in [0.05, 0.1) is 12.3 Å². The first-order chi connectivity index (χ1) is 12.3. The molecule has 2 N–H and O–H groups in total. The topological polar surface area (TPSA) is 45.8 Å². The molecule has 1 unspecified atom stereocenters. The fraction of sp³-hybridized carbons (Fsp3) is 0.684. The summed E-state index contributed by atoms with van der Waals surface area (Å²) in [6, 6.07) is 5.88. The molecule has 2 heterocycles. The monoisotopic (exact) mass is 349 g/mol. The van der Waals surface area contributed by atoms with E-state index >= 15 is 0 Å². The molecule has 0 spiro atoms. The quantitative estimate of drug-likeness (QED) is 0.856. The standard InChI is InChI=1S/C19H28FN3O2/c20-17-12-16(4-5-18(17)22-19-13-21-8-11-24-19)25-15-6-9-23(10-7-15)14-2-1-3-14/h4-5,12,14-15,19,21-22H,1-3,6-11,13H2. The zero-order valence-electron chi connectivity index (χ0n) is 14.7. The minimum absolute atomic E-state index is 0.189. The molecule has 1 atom stereocenters. The van der Waals surface area contributed by atoms with Crippen LogP contribution in [0.1, 0.15) is 32.1 Å². The van der Waals surface area contributed by atoms with E-state index in [1.54, 1.807) is 6.07 Å². The van der Waals surface area contributed by atoms with Crippen molar-refractivity contribution in [2.45, 2.75) is 50.5 Å². The Bertz CT molecular complexity index is 568. The van der Waals surface area contributed by atoms with E-state index in [1.165, 1.54) is 25.3 Å². The third-order valence-electron chi connectivity index (χ3n) is 5.56. The second-order valence-corrected chi connectivity index (χ2v) is 7.29. The van der Waals surface area contributed by atoms with Crippen LogP contribution in [-0.2, 0) is 4.74 Å². The molecule has 3 fully saturated rings. The SMILES string of the molecule is Fc1cc(OC2CCN(C3CCC3)CC2)ccc1NC1CNCCO1. The molecule has 1 saturated carbocycles. The second-order valence-electron chi connectivity index (χ2n) is 7.29. The van der Waals surface area contributed by atoms with Gasteiger partial charge in [-0.1, -0.05) is 6.42 Å². The van der Waals surface area contributed by atoms with E-state index in [-0.39, 0.29) is 18.1 Å². The number of nitrogens with zero attached hydrogens (tertiary/aromatic N) is 1. The maximum atomic E-state index is 14.4. The Kier molecular flexibility index (Phi) is 5.39. The van der Waals surface area contributed by atoms with Crippen LogP contribution >= 0.6 is 0 Å². The van der Waals surface area contributed by atoms with Crippen molar-refractivity contribution in [1.82, 2.24) is 10.2 Å². The molecule has 1 aromatic carbocycles. The van der Waals surface area contributed by atoms with Crippen LogP contribution in [0, 0.1) is 5.82 Å². The van der Waals surface area contributed by atoms with Gasteiger partial charge in [0.25, 0.3) is 0 Å². The maximum Gasteiger partial charge on any atom is 0.150 e. The van der Waals surface area contributed by atoms with Crippen molar-refractivity contribution in [3.05, 3.63) is 24.0 Å². The molecule has 4 rings (SSSR count). The molecule has 1 aliphatic carbocycles. The predicted octanol–water partition coefficient (Wildman–Crippen LogP) is 2.58. The van der Waals surface area contributed by atoms with Gasteiger partial charge >= 0.3 is 0 Å². The minimum Gasteiger partial charge on any atom is -0.490 e. The largest absolute Gasteiger partial charge is 0.490 e. The van der Waals surface area contributed by atoms with E-state index in [9.17, 15) is 4.39 Å². The van der Waals surface area contributed by atoms with Crippen molar-refractivity contribution >= 4 is 5.69 Å². The predicted molar refractivity (Wildman–Crippen MR) is 95.5 cm³/mol. The molecular formula is C19H28FN3O2. The first-order valence-corrected chi connectivity index (χ1v) is 9.57. The first kappa shape index (κ1) is 17.1. The van der Waals surface area contributed by atoms with Crippen molar-refractivity contribution < 1.29 is 13.9 Å². The third kappa shape index (κ3) is 4.25. The number of anilines is 1. The van der Waals surface area contributed by atoms with Crippen molar-refractivity contribution in [2.75, 3.05) is 38.1 Å². The first-order valence-electron chi connectivity index (χ1n) is 9.57. The lowest BCUT2D eigenvalue weighted by molar-refractivity contribution is 0.0464. The van der Waals surface area contributed by atoms with Gasteiger partial charge in [0, 0.05) is 38.3 Å². The lowest BCUT2D eigenvalue weighted by Gasteiger charge is -2.41. The summed E-state index contributed by atoms with van der Waals surface area (Å²) in [5.74, 6) is 0.325. The van der Waals surface area contributed by atoms with Crippen LogP contribution in [0.2, 0.25) is 0 Å².